The van der Waals surface area contributed by atoms with Gasteiger partial charge in [-0.3, -0.25) is 0 Å². The monoisotopic (exact) mass is 274 g/mol. The van der Waals surface area contributed by atoms with Crippen molar-refractivity contribution >= 4 is 16.7 Å². The Kier molecular flexibility index (Phi) is 3.09. The number of hydrogen-bond donors (Lipinski definition) is 1. The second-order valence-corrected chi connectivity index (χ2v) is 4.56. The molecule has 0 unspecified atom stereocenters. The summed E-state index contributed by atoms with van der Waals surface area (Å²) in [5, 5.41) is 20.0. The summed E-state index contributed by atoms with van der Waals surface area (Å²) in [5.41, 5.74) is 2.05. The van der Waals surface area contributed by atoms with Gasteiger partial charge in [-0.05, 0) is 40.6 Å². The fourth-order valence-corrected chi connectivity index (χ4v) is 2.35. The Labute approximate surface area is 120 Å². The van der Waals surface area contributed by atoms with Gasteiger partial charge in [-0.25, -0.2) is 9.78 Å². The summed E-state index contributed by atoms with van der Waals surface area (Å²) < 4.78 is 0. The third-order valence-corrected chi connectivity index (χ3v) is 3.33. The van der Waals surface area contributed by atoms with Gasteiger partial charge in [0, 0.05) is 11.8 Å². The van der Waals surface area contributed by atoms with E-state index in [1.54, 1.807) is 30.5 Å². The van der Waals surface area contributed by atoms with Gasteiger partial charge < -0.3 is 5.11 Å². The molecule has 3 aromatic rings. The first-order valence-electron chi connectivity index (χ1n) is 6.32. The molecule has 0 aliphatic heterocycles. The van der Waals surface area contributed by atoms with Gasteiger partial charge in [-0.15, -0.1) is 0 Å². The Balaban J connectivity index is 2.35. The highest BCUT2D eigenvalue weighted by molar-refractivity contribution is 6.01. The van der Waals surface area contributed by atoms with Crippen molar-refractivity contribution in [1.29, 1.82) is 5.26 Å². The Morgan fingerprint density at radius 3 is 2.67 bits per heavy atom. The molecule has 3 rings (SSSR count). The van der Waals surface area contributed by atoms with Gasteiger partial charge in [0.15, 0.2) is 0 Å². The van der Waals surface area contributed by atoms with Crippen LogP contribution in [0.25, 0.3) is 21.9 Å². The van der Waals surface area contributed by atoms with Gasteiger partial charge in [0.25, 0.3) is 0 Å². The quantitative estimate of drug-likeness (QED) is 0.776. The first-order chi connectivity index (χ1) is 10.2. The normalized spacial score (nSPS) is 10.2. The van der Waals surface area contributed by atoms with Crippen molar-refractivity contribution in [1.82, 2.24) is 4.98 Å². The van der Waals surface area contributed by atoms with E-state index in [4.69, 9.17) is 5.11 Å². The van der Waals surface area contributed by atoms with Crippen molar-refractivity contribution in [2.24, 2.45) is 0 Å². The molecule has 0 aliphatic rings. The van der Waals surface area contributed by atoms with E-state index in [-0.39, 0.29) is 5.56 Å². The number of benzene rings is 2. The maximum absolute atomic E-state index is 11.2. The second kappa shape index (κ2) is 5.06. The summed E-state index contributed by atoms with van der Waals surface area (Å²) in [7, 11) is 0. The number of nitriles is 1. The third-order valence-electron chi connectivity index (χ3n) is 3.33. The van der Waals surface area contributed by atoms with Crippen molar-refractivity contribution in [3.63, 3.8) is 0 Å². The minimum atomic E-state index is -0.974. The Morgan fingerprint density at radius 2 is 1.90 bits per heavy atom. The highest BCUT2D eigenvalue weighted by Crippen LogP contribution is 2.30. The molecule has 0 spiro atoms. The number of nitrogens with zero attached hydrogens (tertiary/aromatic N) is 2. The lowest BCUT2D eigenvalue weighted by atomic mass is 9.96. The van der Waals surface area contributed by atoms with Crippen LogP contribution in [-0.4, -0.2) is 16.1 Å². The molecule has 0 radical (unpaired) electrons. The van der Waals surface area contributed by atoms with Crippen LogP contribution in [0, 0.1) is 11.3 Å². The molecule has 1 aromatic heterocycles. The van der Waals surface area contributed by atoms with Crippen molar-refractivity contribution < 1.29 is 9.90 Å². The fourth-order valence-electron chi connectivity index (χ4n) is 2.35. The first kappa shape index (κ1) is 12.8. The highest BCUT2D eigenvalue weighted by atomic mass is 16.4. The molecule has 0 saturated carbocycles. The smallest absolute Gasteiger partial charge is 0.335 e. The van der Waals surface area contributed by atoms with Crippen LogP contribution in [0.5, 0.6) is 0 Å². The van der Waals surface area contributed by atoms with Crippen LogP contribution in [-0.2, 0) is 0 Å². The molecule has 4 heteroatoms. The molecular weight excluding hydrogens is 264 g/mol. The van der Waals surface area contributed by atoms with E-state index in [0.717, 1.165) is 16.3 Å². The predicted molar refractivity (Wildman–Crippen MR) is 78.9 cm³/mol. The minimum absolute atomic E-state index is 0.220. The molecule has 0 aliphatic carbocycles. The number of fused-ring (bicyclic) bond motifs is 1. The Bertz CT molecular complexity index is 895. The number of pyridine rings is 1. The van der Waals surface area contributed by atoms with Crippen molar-refractivity contribution in [3.05, 3.63) is 66.0 Å². The van der Waals surface area contributed by atoms with Crippen LogP contribution in [0.15, 0.2) is 54.7 Å². The summed E-state index contributed by atoms with van der Waals surface area (Å²) in [6.45, 7) is 0. The molecule has 21 heavy (non-hydrogen) atoms. The zero-order valence-corrected chi connectivity index (χ0v) is 10.9. The second-order valence-electron chi connectivity index (χ2n) is 4.56. The van der Waals surface area contributed by atoms with Crippen molar-refractivity contribution in [2.75, 3.05) is 0 Å². The fraction of sp³-hybridized carbons (Fsp3) is 0. The van der Waals surface area contributed by atoms with Crippen LogP contribution in [0.2, 0.25) is 0 Å². The third kappa shape index (κ3) is 2.21. The van der Waals surface area contributed by atoms with E-state index in [0.29, 0.717) is 11.3 Å². The average molecular weight is 274 g/mol. The molecule has 0 atom stereocenters. The van der Waals surface area contributed by atoms with Gasteiger partial charge in [-0.1, -0.05) is 24.3 Å². The molecule has 0 fully saturated rings. The van der Waals surface area contributed by atoms with E-state index in [2.05, 4.69) is 11.1 Å². The lowest BCUT2D eigenvalue weighted by molar-refractivity contribution is 0.0697. The number of aromatic carboxylic acids is 1. The van der Waals surface area contributed by atoms with Gasteiger partial charge in [0.1, 0.15) is 11.8 Å². The van der Waals surface area contributed by atoms with Gasteiger partial charge >= 0.3 is 5.97 Å². The van der Waals surface area contributed by atoms with Crippen LogP contribution in [0.3, 0.4) is 0 Å². The number of aromatic nitrogens is 1. The van der Waals surface area contributed by atoms with E-state index < -0.39 is 5.97 Å². The minimum Gasteiger partial charge on any atom is -0.478 e. The number of carboxylic acids is 1. The molecule has 1 N–H and O–H groups in total. The van der Waals surface area contributed by atoms with Crippen molar-refractivity contribution in [2.45, 2.75) is 0 Å². The summed E-state index contributed by atoms with van der Waals surface area (Å²) in [6.07, 6.45) is 1.57. The van der Waals surface area contributed by atoms with Crippen molar-refractivity contribution in [3.8, 4) is 17.2 Å². The molecular formula is C17H10N2O2. The van der Waals surface area contributed by atoms with Gasteiger partial charge in [-0.2, -0.15) is 5.26 Å². The maximum Gasteiger partial charge on any atom is 0.335 e. The first-order valence-corrected chi connectivity index (χ1v) is 6.32. The molecule has 0 amide bonds. The summed E-state index contributed by atoms with van der Waals surface area (Å²) in [4.78, 5) is 15.2. The number of rotatable bonds is 2. The maximum atomic E-state index is 11.2. The summed E-state index contributed by atoms with van der Waals surface area (Å²) in [5.74, 6) is -0.974. The molecule has 0 saturated heterocycles. The summed E-state index contributed by atoms with van der Waals surface area (Å²) >= 11 is 0. The largest absolute Gasteiger partial charge is 0.478 e. The Hall–Kier alpha value is -3.19. The topological polar surface area (TPSA) is 74.0 Å². The average Bonchev–Trinajstić information content (AvgIpc) is 2.53. The highest BCUT2D eigenvalue weighted by Gasteiger charge is 2.11. The molecule has 2 aromatic carbocycles. The van der Waals surface area contributed by atoms with E-state index in [1.165, 1.54) is 0 Å². The van der Waals surface area contributed by atoms with E-state index >= 15 is 0 Å². The zero-order chi connectivity index (χ0) is 14.8. The molecule has 4 nitrogen and oxygen atoms in total. The van der Waals surface area contributed by atoms with E-state index in [9.17, 15) is 10.1 Å². The summed E-state index contributed by atoms with van der Waals surface area (Å²) in [6, 6.07) is 16.3. The molecule has 100 valence electrons. The predicted octanol–water partition coefficient (Wildman–Crippen LogP) is 3.47. The number of carboxylic acid groups (broad SMARTS) is 1. The SMILES string of the molecule is N#Cc1ncccc1-c1cccc2ccc(C(=O)O)cc12. The molecule has 0 bridgehead atoms. The standard InChI is InChI=1S/C17H10N2O2/c18-10-16-14(5-2-8-19-16)13-4-1-3-11-6-7-12(17(20)21)9-15(11)13/h1-9H,(H,20,21). The zero-order valence-electron chi connectivity index (χ0n) is 10.9. The Morgan fingerprint density at radius 1 is 1.10 bits per heavy atom. The van der Waals surface area contributed by atoms with Gasteiger partial charge in [0.2, 0.25) is 0 Å². The molecule has 1 heterocycles. The lowest BCUT2D eigenvalue weighted by Gasteiger charge is -2.08. The lowest BCUT2D eigenvalue weighted by Crippen LogP contribution is -1.96. The van der Waals surface area contributed by atoms with Crippen LogP contribution < -0.4 is 0 Å². The van der Waals surface area contributed by atoms with Gasteiger partial charge in [0.05, 0.1) is 5.56 Å². The number of carbonyl (C=O) groups is 1. The van der Waals surface area contributed by atoms with Crippen LogP contribution in [0.1, 0.15) is 16.1 Å². The number of hydrogen-bond acceptors (Lipinski definition) is 3. The van der Waals surface area contributed by atoms with Crippen LogP contribution in [0.4, 0.5) is 0 Å². The van der Waals surface area contributed by atoms with Crippen LogP contribution >= 0.6 is 0 Å². The van der Waals surface area contributed by atoms with E-state index in [1.807, 2.05) is 24.3 Å².